The third kappa shape index (κ3) is 3.01. The quantitative estimate of drug-likeness (QED) is 0.846. The van der Waals surface area contributed by atoms with Gasteiger partial charge in [0.1, 0.15) is 0 Å². The monoisotopic (exact) mass is 314 g/mol. The fourth-order valence-electron chi connectivity index (χ4n) is 2.61. The van der Waals surface area contributed by atoms with Gasteiger partial charge in [-0.05, 0) is 61.3 Å². The summed E-state index contributed by atoms with van der Waals surface area (Å²) < 4.78 is 27.9. The van der Waals surface area contributed by atoms with Gasteiger partial charge in [0.2, 0.25) is 10.0 Å². The summed E-state index contributed by atoms with van der Waals surface area (Å²) in [6.45, 7) is 0.233. The number of halogens is 1. The molecular formula is C14H19ClN2O2S. The molecule has 0 aromatic heterocycles. The van der Waals surface area contributed by atoms with Crippen molar-refractivity contribution in [1.29, 1.82) is 0 Å². The molecule has 0 saturated heterocycles. The highest BCUT2D eigenvalue weighted by Gasteiger charge is 2.43. The van der Waals surface area contributed by atoms with Gasteiger partial charge in [-0.2, -0.15) is 0 Å². The molecule has 0 aliphatic heterocycles. The minimum absolute atomic E-state index is 0.108. The largest absolute Gasteiger partial charge is 0.326 e. The Labute approximate surface area is 124 Å². The number of rotatable bonds is 6. The highest BCUT2D eigenvalue weighted by Crippen LogP contribution is 2.45. The van der Waals surface area contributed by atoms with Gasteiger partial charge in [0.15, 0.2) is 0 Å². The van der Waals surface area contributed by atoms with E-state index in [1.165, 1.54) is 0 Å². The van der Waals surface area contributed by atoms with Crippen LogP contribution in [-0.4, -0.2) is 14.5 Å². The van der Waals surface area contributed by atoms with Crippen LogP contribution in [0.15, 0.2) is 23.1 Å². The molecular weight excluding hydrogens is 296 g/mol. The lowest BCUT2D eigenvalue weighted by Crippen LogP contribution is -2.38. The van der Waals surface area contributed by atoms with Crippen molar-refractivity contribution in [2.45, 2.75) is 43.2 Å². The van der Waals surface area contributed by atoms with Crippen LogP contribution >= 0.6 is 11.6 Å². The van der Waals surface area contributed by atoms with Crippen LogP contribution in [0.25, 0.3) is 0 Å². The van der Waals surface area contributed by atoms with Gasteiger partial charge in [-0.1, -0.05) is 11.6 Å². The first-order valence-corrected chi connectivity index (χ1v) is 8.88. The summed E-state index contributed by atoms with van der Waals surface area (Å²) in [4.78, 5) is 0.258. The predicted octanol–water partition coefficient (Wildman–Crippen LogP) is 2.27. The fraction of sp³-hybridized carbons (Fsp3) is 0.571. The second-order valence-electron chi connectivity index (χ2n) is 5.78. The first kappa shape index (κ1) is 14.3. The van der Waals surface area contributed by atoms with Crippen molar-refractivity contribution in [2.75, 3.05) is 0 Å². The molecule has 110 valence electrons. The Kier molecular flexibility index (Phi) is 3.79. The summed E-state index contributed by atoms with van der Waals surface area (Å²) in [5.74, 6) is 1.05. The summed E-state index contributed by atoms with van der Waals surface area (Å²) >= 11 is 5.98. The topological polar surface area (TPSA) is 72.2 Å². The van der Waals surface area contributed by atoms with Crippen LogP contribution < -0.4 is 10.5 Å². The molecule has 2 aliphatic rings. The summed E-state index contributed by atoms with van der Waals surface area (Å²) in [5, 5.41) is 0.507. The smallest absolute Gasteiger partial charge is 0.240 e. The molecule has 6 heteroatoms. The van der Waals surface area contributed by atoms with Crippen molar-refractivity contribution in [2.24, 2.45) is 17.6 Å². The van der Waals surface area contributed by atoms with E-state index >= 15 is 0 Å². The standard InChI is InChI=1S/C14H19ClN2O2S/c15-13-6-5-12(7-11(13)8-16)20(18,19)17-14(9-1-2-9)10-3-4-10/h5-7,9-10,14,17H,1-4,8,16H2. The van der Waals surface area contributed by atoms with Crippen molar-refractivity contribution in [3.05, 3.63) is 28.8 Å². The molecule has 3 N–H and O–H groups in total. The van der Waals surface area contributed by atoms with Crippen LogP contribution in [0.2, 0.25) is 5.02 Å². The Bertz CT molecular complexity index is 598. The molecule has 2 fully saturated rings. The minimum Gasteiger partial charge on any atom is -0.326 e. The number of hydrogen-bond donors (Lipinski definition) is 2. The van der Waals surface area contributed by atoms with E-state index in [2.05, 4.69) is 4.72 Å². The Morgan fingerprint density at radius 2 is 1.85 bits per heavy atom. The zero-order chi connectivity index (χ0) is 14.3. The Hall–Kier alpha value is -0.620. The van der Waals surface area contributed by atoms with Crippen LogP contribution in [0.3, 0.4) is 0 Å². The normalized spacial score (nSPS) is 19.6. The van der Waals surface area contributed by atoms with E-state index < -0.39 is 10.0 Å². The molecule has 0 atom stereocenters. The van der Waals surface area contributed by atoms with Gasteiger partial charge in [-0.25, -0.2) is 13.1 Å². The molecule has 0 bridgehead atoms. The van der Waals surface area contributed by atoms with E-state index in [1.807, 2.05) is 0 Å². The molecule has 2 saturated carbocycles. The Morgan fingerprint density at radius 3 is 2.35 bits per heavy atom. The highest BCUT2D eigenvalue weighted by atomic mass is 35.5. The number of hydrogen-bond acceptors (Lipinski definition) is 3. The molecule has 20 heavy (non-hydrogen) atoms. The van der Waals surface area contributed by atoms with Gasteiger partial charge in [-0.3, -0.25) is 0 Å². The summed E-state index contributed by atoms with van der Waals surface area (Å²) in [6, 6.07) is 4.82. The van der Waals surface area contributed by atoms with Crippen LogP contribution in [0.1, 0.15) is 31.2 Å². The van der Waals surface area contributed by atoms with Crippen LogP contribution in [0.4, 0.5) is 0 Å². The van der Waals surface area contributed by atoms with E-state index in [0.29, 0.717) is 22.4 Å². The van der Waals surface area contributed by atoms with E-state index in [0.717, 1.165) is 25.7 Å². The van der Waals surface area contributed by atoms with Crippen molar-refractivity contribution in [1.82, 2.24) is 4.72 Å². The minimum atomic E-state index is -3.48. The van der Waals surface area contributed by atoms with E-state index in [4.69, 9.17) is 17.3 Å². The van der Waals surface area contributed by atoms with Crippen LogP contribution in [0.5, 0.6) is 0 Å². The molecule has 0 amide bonds. The van der Waals surface area contributed by atoms with Crippen molar-refractivity contribution < 1.29 is 8.42 Å². The third-order valence-corrected chi connectivity index (χ3v) is 5.92. The van der Waals surface area contributed by atoms with Crippen LogP contribution in [0, 0.1) is 11.8 Å². The van der Waals surface area contributed by atoms with Crippen molar-refractivity contribution >= 4 is 21.6 Å². The predicted molar refractivity (Wildman–Crippen MR) is 78.9 cm³/mol. The number of nitrogens with one attached hydrogen (secondary N) is 1. The molecule has 2 aliphatic carbocycles. The van der Waals surface area contributed by atoms with Gasteiger partial charge >= 0.3 is 0 Å². The maximum Gasteiger partial charge on any atom is 0.240 e. The second-order valence-corrected chi connectivity index (χ2v) is 7.90. The van der Waals surface area contributed by atoms with Crippen molar-refractivity contribution in [3.63, 3.8) is 0 Å². The zero-order valence-electron chi connectivity index (χ0n) is 11.2. The molecule has 0 radical (unpaired) electrons. The summed E-state index contributed by atoms with van der Waals surface area (Å²) in [5.41, 5.74) is 6.24. The summed E-state index contributed by atoms with van der Waals surface area (Å²) in [6.07, 6.45) is 4.55. The average molecular weight is 315 g/mol. The molecule has 3 rings (SSSR count). The highest BCUT2D eigenvalue weighted by molar-refractivity contribution is 7.89. The fourth-order valence-corrected chi connectivity index (χ4v) is 4.23. The zero-order valence-corrected chi connectivity index (χ0v) is 12.8. The average Bonchev–Trinajstić information content (AvgIpc) is 3.29. The molecule has 4 nitrogen and oxygen atoms in total. The lowest BCUT2D eigenvalue weighted by molar-refractivity contribution is 0.471. The van der Waals surface area contributed by atoms with Gasteiger partial charge in [0.25, 0.3) is 0 Å². The number of benzene rings is 1. The third-order valence-electron chi connectivity index (χ3n) is 4.10. The van der Waals surface area contributed by atoms with E-state index in [9.17, 15) is 8.42 Å². The van der Waals surface area contributed by atoms with Crippen LogP contribution in [-0.2, 0) is 16.6 Å². The van der Waals surface area contributed by atoms with E-state index in [1.54, 1.807) is 18.2 Å². The lowest BCUT2D eigenvalue weighted by Gasteiger charge is -2.18. The Morgan fingerprint density at radius 1 is 1.25 bits per heavy atom. The second kappa shape index (κ2) is 5.30. The molecule has 1 aromatic rings. The first-order valence-electron chi connectivity index (χ1n) is 7.02. The maximum absolute atomic E-state index is 12.5. The Balaban J connectivity index is 1.83. The first-order chi connectivity index (χ1) is 9.51. The SMILES string of the molecule is NCc1cc(S(=O)(=O)NC(C2CC2)C2CC2)ccc1Cl. The number of sulfonamides is 1. The number of nitrogens with two attached hydrogens (primary N) is 1. The van der Waals surface area contributed by atoms with E-state index in [-0.39, 0.29) is 17.5 Å². The lowest BCUT2D eigenvalue weighted by atomic mass is 10.1. The maximum atomic E-state index is 12.5. The molecule has 1 aromatic carbocycles. The van der Waals surface area contributed by atoms with Gasteiger partial charge in [0, 0.05) is 17.6 Å². The molecule has 0 unspecified atom stereocenters. The van der Waals surface area contributed by atoms with Gasteiger partial charge < -0.3 is 5.73 Å². The van der Waals surface area contributed by atoms with Gasteiger partial charge in [0.05, 0.1) is 4.90 Å². The van der Waals surface area contributed by atoms with Gasteiger partial charge in [-0.15, -0.1) is 0 Å². The molecule has 0 heterocycles. The summed E-state index contributed by atoms with van der Waals surface area (Å²) in [7, 11) is -3.48. The van der Waals surface area contributed by atoms with Crippen molar-refractivity contribution in [3.8, 4) is 0 Å². The molecule has 0 spiro atoms.